The second kappa shape index (κ2) is 7.31. The molecule has 0 saturated heterocycles. The summed E-state index contributed by atoms with van der Waals surface area (Å²) in [5, 5.41) is 10.7. The zero-order chi connectivity index (χ0) is 16.0. The van der Waals surface area contributed by atoms with Gasteiger partial charge in [0.15, 0.2) is 5.60 Å². The molecule has 0 bridgehead atoms. The molecular weight excluding hydrogens is 272 g/mol. The minimum atomic E-state index is -1.59. The lowest BCUT2D eigenvalue weighted by molar-refractivity contribution is -0.167. The smallest absolute Gasteiger partial charge is 0.338 e. The Morgan fingerprint density at radius 1 is 1.29 bits per heavy atom. The van der Waals surface area contributed by atoms with E-state index in [2.05, 4.69) is 0 Å². The Balaban J connectivity index is 3.21. The molecular formula is C16H24O5. The number of methoxy groups -OCH3 is 2. The molecule has 0 radical (unpaired) electrons. The van der Waals surface area contributed by atoms with E-state index >= 15 is 0 Å². The number of aliphatic hydroxyl groups is 1. The fourth-order valence-corrected chi connectivity index (χ4v) is 2.32. The number of ether oxygens (including phenoxy) is 3. The number of esters is 1. The van der Waals surface area contributed by atoms with Gasteiger partial charge in [0.05, 0.1) is 20.8 Å². The molecule has 21 heavy (non-hydrogen) atoms. The topological polar surface area (TPSA) is 65.0 Å². The van der Waals surface area contributed by atoms with Gasteiger partial charge in [0.1, 0.15) is 11.5 Å². The van der Waals surface area contributed by atoms with Crippen LogP contribution in [0.4, 0.5) is 0 Å². The van der Waals surface area contributed by atoms with E-state index in [-0.39, 0.29) is 13.0 Å². The van der Waals surface area contributed by atoms with Crippen LogP contribution >= 0.6 is 0 Å². The average Bonchev–Trinajstić information content (AvgIpc) is 2.52. The summed E-state index contributed by atoms with van der Waals surface area (Å²) in [5.74, 6) is 0.136. The first-order chi connectivity index (χ1) is 9.94. The highest BCUT2D eigenvalue weighted by atomic mass is 16.5. The van der Waals surface area contributed by atoms with Crippen molar-refractivity contribution in [2.24, 2.45) is 0 Å². The molecule has 1 aromatic carbocycles. The van der Waals surface area contributed by atoms with Gasteiger partial charge in [-0.2, -0.15) is 0 Å². The molecule has 2 atom stereocenters. The molecule has 1 N–H and O–H groups in total. The van der Waals surface area contributed by atoms with Crippen molar-refractivity contribution in [3.63, 3.8) is 0 Å². The first-order valence-electron chi connectivity index (χ1n) is 7.06. The minimum Gasteiger partial charge on any atom is -0.497 e. The minimum absolute atomic E-state index is 0.230. The predicted molar refractivity (Wildman–Crippen MR) is 79.8 cm³/mol. The molecule has 0 aromatic heterocycles. The summed E-state index contributed by atoms with van der Waals surface area (Å²) in [4.78, 5) is 12.1. The van der Waals surface area contributed by atoms with Crippen LogP contribution in [-0.4, -0.2) is 37.5 Å². The second-order valence-corrected chi connectivity index (χ2v) is 4.83. The summed E-state index contributed by atoms with van der Waals surface area (Å²) in [6.07, 6.45) is 0.252. The van der Waals surface area contributed by atoms with E-state index < -0.39 is 17.5 Å². The lowest BCUT2D eigenvalue weighted by atomic mass is 9.81. The summed E-state index contributed by atoms with van der Waals surface area (Å²) in [6.45, 7) is 5.48. The number of carbonyl (C=O) groups excluding carboxylic acids is 1. The summed E-state index contributed by atoms with van der Waals surface area (Å²) in [6, 6.07) is 5.30. The van der Waals surface area contributed by atoms with Gasteiger partial charge in [-0.25, -0.2) is 4.79 Å². The summed E-state index contributed by atoms with van der Waals surface area (Å²) in [7, 11) is 3.11. The van der Waals surface area contributed by atoms with Gasteiger partial charge < -0.3 is 19.3 Å². The van der Waals surface area contributed by atoms with Crippen molar-refractivity contribution in [3.8, 4) is 11.5 Å². The highest BCUT2D eigenvalue weighted by molar-refractivity contribution is 5.81. The zero-order valence-corrected chi connectivity index (χ0v) is 13.3. The lowest BCUT2D eigenvalue weighted by Gasteiger charge is -2.31. The van der Waals surface area contributed by atoms with Crippen molar-refractivity contribution in [3.05, 3.63) is 23.8 Å². The quantitative estimate of drug-likeness (QED) is 0.783. The Bertz CT molecular complexity index is 486. The molecule has 0 amide bonds. The Kier molecular flexibility index (Phi) is 6.03. The number of hydrogen-bond acceptors (Lipinski definition) is 5. The van der Waals surface area contributed by atoms with Crippen LogP contribution in [0, 0.1) is 0 Å². The van der Waals surface area contributed by atoms with Gasteiger partial charge in [0, 0.05) is 17.5 Å². The summed E-state index contributed by atoms with van der Waals surface area (Å²) < 4.78 is 15.5. The fourth-order valence-electron chi connectivity index (χ4n) is 2.32. The molecule has 5 heteroatoms. The Labute approximate surface area is 125 Å². The van der Waals surface area contributed by atoms with E-state index in [0.717, 1.165) is 5.56 Å². The maximum atomic E-state index is 12.1. The van der Waals surface area contributed by atoms with E-state index in [1.807, 2.05) is 0 Å². The second-order valence-electron chi connectivity index (χ2n) is 4.83. The van der Waals surface area contributed by atoms with Gasteiger partial charge in [0.25, 0.3) is 0 Å². The fraction of sp³-hybridized carbons (Fsp3) is 0.562. The summed E-state index contributed by atoms with van der Waals surface area (Å²) in [5.41, 5.74) is -0.853. The SMILES string of the molecule is CCOC(=O)C(O)(CC)C(C)c1ccc(OC)cc1OC. The van der Waals surface area contributed by atoms with E-state index in [4.69, 9.17) is 14.2 Å². The molecule has 0 aliphatic carbocycles. The van der Waals surface area contributed by atoms with Crippen LogP contribution in [0.5, 0.6) is 11.5 Å². The molecule has 2 unspecified atom stereocenters. The number of benzene rings is 1. The Morgan fingerprint density at radius 3 is 2.43 bits per heavy atom. The molecule has 0 aliphatic rings. The largest absolute Gasteiger partial charge is 0.497 e. The predicted octanol–water partition coefficient (Wildman–Crippen LogP) is 2.51. The highest BCUT2D eigenvalue weighted by Crippen LogP contribution is 2.38. The van der Waals surface area contributed by atoms with Gasteiger partial charge >= 0.3 is 5.97 Å². The molecule has 0 aliphatic heterocycles. The molecule has 5 nitrogen and oxygen atoms in total. The number of hydrogen-bond donors (Lipinski definition) is 1. The number of carbonyl (C=O) groups is 1. The normalized spacial score (nSPS) is 15.0. The maximum Gasteiger partial charge on any atom is 0.338 e. The van der Waals surface area contributed by atoms with Crippen LogP contribution in [0.1, 0.15) is 38.7 Å². The molecule has 1 aromatic rings. The van der Waals surface area contributed by atoms with Crippen molar-refractivity contribution in [1.82, 2.24) is 0 Å². The van der Waals surface area contributed by atoms with Gasteiger partial charge in [0.2, 0.25) is 0 Å². The van der Waals surface area contributed by atoms with Crippen molar-refractivity contribution in [1.29, 1.82) is 0 Å². The van der Waals surface area contributed by atoms with Crippen molar-refractivity contribution < 1.29 is 24.1 Å². The number of rotatable bonds is 7. The van der Waals surface area contributed by atoms with E-state index in [1.54, 1.807) is 53.2 Å². The highest BCUT2D eigenvalue weighted by Gasteiger charge is 2.43. The first kappa shape index (κ1) is 17.3. The third-order valence-electron chi connectivity index (χ3n) is 3.79. The van der Waals surface area contributed by atoms with Gasteiger partial charge in [-0.1, -0.05) is 19.9 Å². The van der Waals surface area contributed by atoms with E-state index in [0.29, 0.717) is 11.5 Å². The van der Waals surface area contributed by atoms with Crippen molar-refractivity contribution >= 4 is 5.97 Å². The van der Waals surface area contributed by atoms with Crippen molar-refractivity contribution in [2.45, 2.75) is 38.7 Å². The summed E-state index contributed by atoms with van der Waals surface area (Å²) >= 11 is 0. The van der Waals surface area contributed by atoms with Crippen LogP contribution in [0.2, 0.25) is 0 Å². The standard InChI is InChI=1S/C16H24O5/c1-6-16(18,15(17)21-7-2)11(3)13-9-8-12(19-4)10-14(13)20-5/h8-11,18H,6-7H2,1-5H3. The maximum absolute atomic E-state index is 12.1. The van der Waals surface area contributed by atoms with Crippen LogP contribution in [0.25, 0.3) is 0 Å². The Hall–Kier alpha value is -1.75. The molecule has 0 saturated carbocycles. The molecule has 118 valence electrons. The third-order valence-corrected chi connectivity index (χ3v) is 3.79. The molecule has 0 spiro atoms. The van der Waals surface area contributed by atoms with Crippen LogP contribution in [0.15, 0.2) is 18.2 Å². The van der Waals surface area contributed by atoms with E-state index in [9.17, 15) is 9.90 Å². The van der Waals surface area contributed by atoms with Crippen LogP contribution < -0.4 is 9.47 Å². The van der Waals surface area contributed by atoms with Crippen LogP contribution in [0.3, 0.4) is 0 Å². The monoisotopic (exact) mass is 296 g/mol. The third kappa shape index (κ3) is 3.47. The molecule has 0 heterocycles. The Morgan fingerprint density at radius 2 is 1.95 bits per heavy atom. The molecule has 0 fully saturated rings. The molecule has 1 rings (SSSR count). The zero-order valence-electron chi connectivity index (χ0n) is 13.3. The van der Waals surface area contributed by atoms with Gasteiger partial charge in [-0.3, -0.25) is 0 Å². The van der Waals surface area contributed by atoms with Crippen molar-refractivity contribution in [2.75, 3.05) is 20.8 Å². The van der Waals surface area contributed by atoms with Gasteiger partial charge in [-0.05, 0) is 19.4 Å². The van der Waals surface area contributed by atoms with E-state index in [1.165, 1.54) is 0 Å². The van der Waals surface area contributed by atoms with Gasteiger partial charge in [-0.15, -0.1) is 0 Å². The lowest BCUT2D eigenvalue weighted by Crippen LogP contribution is -2.44. The average molecular weight is 296 g/mol. The van der Waals surface area contributed by atoms with Crippen LogP contribution in [-0.2, 0) is 9.53 Å². The first-order valence-corrected chi connectivity index (χ1v) is 7.06.